The van der Waals surface area contributed by atoms with Crippen molar-refractivity contribution in [3.8, 4) is 11.5 Å². The van der Waals surface area contributed by atoms with Crippen LogP contribution in [0.4, 0.5) is 5.69 Å². The molecule has 0 bridgehead atoms. The number of ether oxygens (including phenoxy) is 2. The summed E-state index contributed by atoms with van der Waals surface area (Å²) in [6.45, 7) is 1.34. The molecule has 0 unspecified atom stereocenters. The Morgan fingerprint density at radius 2 is 1.65 bits per heavy atom. The van der Waals surface area contributed by atoms with Crippen LogP contribution in [0.25, 0.3) is 29.1 Å². The maximum Gasteiger partial charge on any atom is 0.280 e. The lowest BCUT2D eigenvalue weighted by molar-refractivity contribution is -0.385. The molecule has 0 aliphatic carbocycles. The number of aromatic nitrogens is 1. The van der Waals surface area contributed by atoms with Crippen LogP contribution in [0.2, 0.25) is 0 Å². The van der Waals surface area contributed by atoms with Gasteiger partial charge < -0.3 is 9.47 Å². The van der Waals surface area contributed by atoms with Gasteiger partial charge in [-0.3, -0.25) is 14.9 Å². The Morgan fingerprint density at radius 3 is 2.35 bits per heavy atom. The Morgan fingerprint density at radius 1 is 0.973 bits per heavy atom. The first kappa shape index (κ1) is 24.0. The van der Waals surface area contributed by atoms with Gasteiger partial charge in [0.25, 0.3) is 15.7 Å². The Kier molecular flexibility index (Phi) is 6.10. The molecule has 186 valence electrons. The average Bonchev–Trinajstić information content (AvgIpc) is 3.47. The van der Waals surface area contributed by atoms with Crippen LogP contribution < -0.4 is 9.47 Å². The molecular formula is C27H20N2O7S. The third-order valence-electron chi connectivity index (χ3n) is 5.81. The predicted octanol–water partition coefficient (Wildman–Crippen LogP) is 5.29. The number of hydrogen-bond acceptors (Lipinski definition) is 7. The van der Waals surface area contributed by atoms with Gasteiger partial charge in [-0.25, -0.2) is 12.4 Å². The van der Waals surface area contributed by atoms with Crippen LogP contribution in [0, 0.1) is 10.1 Å². The van der Waals surface area contributed by atoms with E-state index in [2.05, 4.69) is 0 Å². The Bertz CT molecular complexity index is 1720. The van der Waals surface area contributed by atoms with Crippen LogP contribution in [0.3, 0.4) is 0 Å². The van der Waals surface area contributed by atoms with Gasteiger partial charge in [0.15, 0.2) is 17.3 Å². The first-order valence-corrected chi connectivity index (χ1v) is 12.6. The largest absolute Gasteiger partial charge is 0.454 e. The molecule has 1 aliphatic heterocycles. The van der Waals surface area contributed by atoms with E-state index in [0.29, 0.717) is 22.2 Å². The summed E-state index contributed by atoms with van der Waals surface area (Å²) in [6, 6.07) is 17.6. The first-order valence-electron chi connectivity index (χ1n) is 11.2. The van der Waals surface area contributed by atoms with E-state index in [0.717, 1.165) is 0 Å². The summed E-state index contributed by atoms with van der Waals surface area (Å²) in [6.07, 6.45) is 5.85. The maximum absolute atomic E-state index is 13.9. The topological polar surface area (TPSA) is 118 Å². The SMILES string of the molecule is CC(=O)/C=C/c1c(/C=C/c2cc3c(cc2[N+](=O)[O-])OCO3)n(S(=O)(=O)c2ccccc2)c2ccccc12. The lowest BCUT2D eigenvalue weighted by Gasteiger charge is -2.11. The summed E-state index contributed by atoms with van der Waals surface area (Å²) in [7, 11) is -4.09. The third-order valence-corrected chi connectivity index (χ3v) is 7.56. The number of allylic oxidation sites excluding steroid dienone is 1. The standard InChI is InChI=1S/C27H20N2O7S/c1-18(30)11-13-22-21-9-5-6-10-23(21)28(37(33,34)20-7-3-2-4-8-20)24(22)14-12-19-15-26-27(36-17-35-26)16-25(19)29(31)32/h2-16H,17H2,1H3/b13-11+,14-12+. The molecule has 0 atom stereocenters. The fourth-order valence-corrected chi connectivity index (χ4v) is 5.70. The number of nitrogens with zero attached hydrogens (tertiary/aromatic N) is 2. The summed E-state index contributed by atoms with van der Waals surface area (Å²) in [5.74, 6) is 0.387. The molecule has 0 fully saturated rings. The fraction of sp³-hybridized carbons (Fsp3) is 0.0741. The minimum atomic E-state index is -4.09. The summed E-state index contributed by atoms with van der Waals surface area (Å²) >= 11 is 0. The minimum absolute atomic E-state index is 0.0524. The number of rotatable bonds is 7. The second kappa shape index (κ2) is 9.40. The average molecular weight is 517 g/mol. The van der Waals surface area contributed by atoms with Crippen molar-refractivity contribution in [2.24, 2.45) is 0 Å². The van der Waals surface area contributed by atoms with E-state index in [1.165, 1.54) is 53.4 Å². The predicted molar refractivity (Wildman–Crippen MR) is 139 cm³/mol. The Balaban J connectivity index is 1.79. The van der Waals surface area contributed by atoms with E-state index in [4.69, 9.17) is 9.47 Å². The van der Waals surface area contributed by atoms with Crippen LogP contribution in [-0.4, -0.2) is 29.9 Å². The molecule has 2 heterocycles. The zero-order valence-electron chi connectivity index (χ0n) is 19.5. The van der Waals surface area contributed by atoms with Gasteiger partial charge in [0.05, 0.1) is 32.7 Å². The van der Waals surface area contributed by atoms with Gasteiger partial charge in [0.2, 0.25) is 6.79 Å². The number of carbonyl (C=O) groups excluding carboxylic acids is 1. The number of carbonyl (C=O) groups is 1. The van der Waals surface area contributed by atoms with Gasteiger partial charge in [-0.15, -0.1) is 0 Å². The van der Waals surface area contributed by atoms with Crippen molar-refractivity contribution in [3.63, 3.8) is 0 Å². The van der Waals surface area contributed by atoms with E-state index < -0.39 is 14.9 Å². The van der Waals surface area contributed by atoms with Gasteiger partial charge in [-0.1, -0.05) is 36.4 Å². The molecular weight excluding hydrogens is 496 g/mol. The van der Waals surface area contributed by atoms with E-state index >= 15 is 0 Å². The van der Waals surface area contributed by atoms with Crippen molar-refractivity contribution < 1.29 is 27.6 Å². The lowest BCUT2D eigenvalue weighted by atomic mass is 10.1. The molecule has 1 aliphatic rings. The number of para-hydroxylation sites is 1. The van der Waals surface area contributed by atoms with Crippen LogP contribution >= 0.6 is 0 Å². The number of hydrogen-bond donors (Lipinski definition) is 0. The number of nitro groups is 1. The molecule has 0 spiro atoms. The van der Waals surface area contributed by atoms with Crippen molar-refractivity contribution in [2.45, 2.75) is 11.8 Å². The zero-order chi connectivity index (χ0) is 26.2. The summed E-state index contributed by atoms with van der Waals surface area (Å²) in [4.78, 5) is 23.0. The maximum atomic E-state index is 13.9. The third kappa shape index (κ3) is 4.38. The van der Waals surface area contributed by atoms with Gasteiger partial charge in [0, 0.05) is 10.9 Å². The normalized spacial score (nSPS) is 13.1. The number of ketones is 1. The summed E-state index contributed by atoms with van der Waals surface area (Å²) < 4.78 is 39.5. The fourth-order valence-electron chi connectivity index (χ4n) is 4.15. The molecule has 0 saturated carbocycles. The van der Waals surface area contributed by atoms with Crippen LogP contribution in [0.15, 0.2) is 77.7 Å². The molecule has 9 nitrogen and oxygen atoms in total. The van der Waals surface area contributed by atoms with Gasteiger partial charge >= 0.3 is 0 Å². The van der Waals surface area contributed by atoms with Gasteiger partial charge in [-0.2, -0.15) is 0 Å². The molecule has 5 rings (SSSR count). The van der Waals surface area contributed by atoms with Crippen LogP contribution in [-0.2, 0) is 14.8 Å². The smallest absolute Gasteiger partial charge is 0.280 e. The molecule has 1 aromatic heterocycles. The summed E-state index contributed by atoms with van der Waals surface area (Å²) in [5.41, 5.74) is 1.08. The molecule has 0 N–H and O–H groups in total. The summed E-state index contributed by atoms with van der Waals surface area (Å²) in [5, 5.41) is 12.4. The minimum Gasteiger partial charge on any atom is -0.454 e. The van der Waals surface area contributed by atoms with E-state index in [9.17, 15) is 23.3 Å². The quantitative estimate of drug-likeness (QED) is 0.186. The molecule has 0 saturated heterocycles. The van der Waals surface area contributed by atoms with Crippen molar-refractivity contribution in [3.05, 3.63) is 99.7 Å². The van der Waals surface area contributed by atoms with E-state index in [-0.39, 0.29) is 40.2 Å². The second-order valence-electron chi connectivity index (χ2n) is 8.20. The van der Waals surface area contributed by atoms with E-state index in [1.54, 1.807) is 48.5 Å². The highest BCUT2D eigenvalue weighted by atomic mass is 32.2. The Labute approximate surface area is 212 Å². The van der Waals surface area contributed by atoms with Gasteiger partial charge in [0.1, 0.15) is 0 Å². The molecule has 10 heteroatoms. The molecule has 37 heavy (non-hydrogen) atoms. The van der Waals surface area contributed by atoms with Crippen LogP contribution in [0.5, 0.6) is 11.5 Å². The highest BCUT2D eigenvalue weighted by Gasteiger charge is 2.26. The molecule has 3 aromatic carbocycles. The first-order chi connectivity index (χ1) is 17.8. The van der Waals surface area contributed by atoms with Crippen molar-refractivity contribution >= 4 is 50.6 Å². The van der Waals surface area contributed by atoms with Crippen LogP contribution in [0.1, 0.15) is 23.7 Å². The van der Waals surface area contributed by atoms with Gasteiger partial charge in [-0.05, 0) is 55.5 Å². The van der Waals surface area contributed by atoms with Crippen molar-refractivity contribution in [1.82, 2.24) is 3.97 Å². The number of benzene rings is 3. The monoisotopic (exact) mass is 516 g/mol. The number of fused-ring (bicyclic) bond motifs is 2. The Hall–Kier alpha value is -4.70. The molecule has 4 aromatic rings. The number of nitro benzene ring substituents is 1. The van der Waals surface area contributed by atoms with Crippen molar-refractivity contribution in [1.29, 1.82) is 0 Å². The second-order valence-corrected chi connectivity index (χ2v) is 9.98. The van der Waals surface area contributed by atoms with Crippen molar-refractivity contribution in [2.75, 3.05) is 6.79 Å². The lowest BCUT2D eigenvalue weighted by Crippen LogP contribution is -2.14. The highest BCUT2D eigenvalue weighted by molar-refractivity contribution is 7.90. The highest BCUT2D eigenvalue weighted by Crippen LogP contribution is 2.39. The molecule has 0 radical (unpaired) electrons. The van der Waals surface area contributed by atoms with E-state index in [1.807, 2.05) is 0 Å². The molecule has 0 amide bonds. The zero-order valence-corrected chi connectivity index (χ0v) is 20.3.